The van der Waals surface area contributed by atoms with Gasteiger partial charge in [0, 0.05) is 12.0 Å². The molecule has 1 aliphatic rings. The third-order valence-electron chi connectivity index (χ3n) is 3.93. The Hall–Kier alpha value is -1.32. The van der Waals surface area contributed by atoms with Crippen LogP contribution in [-0.4, -0.2) is 22.7 Å². The fourth-order valence-electron chi connectivity index (χ4n) is 2.86. The van der Waals surface area contributed by atoms with E-state index in [2.05, 4.69) is 5.10 Å². The fraction of sp³-hybridized carbons (Fsp3) is 0.733. The smallest absolute Gasteiger partial charge is 0.187 e. The van der Waals surface area contributed by atoms with Gasteiger partial charge in [0.15, 0.2) is 11.5 Å². The van der Waals surface area contributed by atoms with Crippen LogP contribution in [0.3, 0.4) is 0 Å². The van der Waals surface area contributed by atoms with Gasteiger partial charge in [0.1, 0.15) is 5.69 Å². The standard InChI is InChI=1S/C15H24N2O2/c1-11(2)17-14(13(19-3)10-16-17)15(18)12-8-6-4-5-7-9-12/h10-12H,4-9H2,1-3H3. The van der Waals surface area contributed by atoms with Gasteiger partial charge in [-0.15, -0.1) is 0 Å². The van der Waals surface area contributed by atoms with Crippen molar-refractivity contribution in [3.63, 3.8) is 0 Å². The van der Waals surface area contributed by atoms with Gasteiger partial charge in [-0.05, 0) is 26.7 Å². The molecule has 2 rings (SSSR count). The number of Topliss-reactive ketones (excluding diaryl/α,β-unsaturated/α-hetero) is 1. The Morgan fingerprint density at radius 2 is 1.95 bits per heavy atom. The zero-order valence-corrected chi connectivity index (χ0v) is 12.2. The predicted octanol–water partition coefficient (Wildman–Crippen LogP) is 3.63. The summed E-state index contributed by atoms with van der Waals surface area (Å²) in [6.07, 6.45) is 8.50. The van der Waals surface area contributed by atoms with Crippen molar-refractivity contribution in [2.75, 3.05) is 7.11 Å². The molecule has 0 unspecified atom stereocenters. The Balaban J connectivity index is 2.28. The number of aromatic nitrogens is 2. The van der Waals surface area contributed by atoms with Crippen molar-refractivity contribution >= 4 is 5.78 Å². The summed E-state index contributed by atoms with van der Waals surface area (Å²) in [6, 6.07) is 0.175. The van der Waals surface area contributed by atoms with Gasteiger partial charge in [-0.3, -0.25) is 9.48 Å². The monoisotopic (exact) mass is 264 g/mol. The highest BCUT2D eigenvalue weighted by Gasteiger charge is 2.28. The number of hydrogen-bond acceptors (Lipinski definition) is 3. The zero-order chi connectivity index (χ0) is 13.8. The van der Waals surface area contributed by atoms with Crippen LogP contribution in [0.4, 0.5) is 0 Å². The first-order chi connectivity index (χ1) is 9.15. The molecule has 0 aliphatic heterocycles. The molecular weight excluding hydrogens is 240 g/mol. The van der Waals surface area contributed by atoms with Crippen LogP contribution in [0, 0.1) is 5.92 Å². The normalized spacial score (nSPS) is 17.5. The molecule has 106 valence electrons. The van der Waals surface area contributed by atoms with Crippen LogP contribution >= 0.6 is 0 Å². The molecule has 1 fully saturated rings. The SMILES string of the molecule is COc1cnn(C(C)C)c1C(=O)C1CCCCCC1. The summed E-state index contributed by atoms with van der Waals surface area (Å²) in [5, 5.41) is 4.30. The number of ether oxygens (including phenoxy) is 1. The van der Waals surface area contributed by atoms with Gasteiger partial charge < -0.3 is 4.74 Å². The van der Waals surface area contributed by atoms with Crippen molar-refractivity contribution in [1.29, 1.82) is 0 Å². The van der Waals surface area contributed by atoms with E-state index in [-0.39, 0.29) is 17.7 Å². The predicted molar refractivity (Wildman–Crippen MR) is 74.7 cm³/mol. The summed E-state index contributed by atoms with van der Waals surface area (Å²) in [5.74, 6) is 0.971. The Labute approximate surface area is 115 Å². The van der Waals surface area contributed by atoms with E-state index in [1.54, 1.807) is 18.0 Å². The Bertz CT molecular complexity index is 429. The molecule has 4 heteroatoms. The van der Waals surface area contributed by atoms with Crippen molar-refractivity contribution in [3.05, 3.63) is 11.9 Å². The quantitative estimate of drug-likeness (QED) is 0.616. The highest BCUT2D eigenvalue weighted by atomic mass is 16.5. The maximum Gasteiger partial charge on any atom is 0.187 e. The maximum absolute atomic E-state index is 12.8. The molecule has 0 atom stereocenters. The van der Waals surface area contributed by atoms with Gasteiger partial charge in [-0.1, -0.05) is 25.7 Å². The summed E-state index contributed by atoms with van der Waals surface area (Å²) < 4.78 is 7.11. The Kier molecular flexibility index (Phi) is 4.61. The van der Waals surface area contributed by atoms with E-state index >= 15 is 0 Å². The highest BCUT2D eigenvalue weighted by molar-refractivity contribution is 5.98. The summed E-state index contributed by atoms with van der Waals surface area (Å²) in [5.41, 5.74) is 0.657. The van der Waals surface area contributed by atoms with Gasteiger partial charge in [-0.25, -0.2) is 0 Å². The minimum Gasteiger partial charge on any atom is -0.493 e. The molecule has 1 aliphatic carbocycles. The summed E-state index contributed by atoms with van der Waals surface area (Å²) >= 11 is 0. The van der Waals surface area contributed by atoms with Gasteiger partial charge in [0.25, 0.3) is 0 Å². The number of methoxy groups -OCH3 is 1. The van der Waals surface area contributed by atoms with Crippen LogP contribution in [0.15, 0.2) is 6.20 Å². The third kappa shape index (κ3) is 2.99. The third-order valence-corrected chi connectivity index (χ3v) is 3.93. The average molecular weight is 264 g/mol. The molecule has 4 nitrogen and oxygen atoms in total. The van der Waals surface area contributed by atoms with Gasteiger partial charge >= 0.3 is 0 Å². The molecular formula is C15H24N2O2. The van der Waals surface area contributed by atoms with Crippen molar-refractivity contribution in [2.24, 2.45) is 5.92 Å². The lowest BCUT2D eigenvalue weighted by Crippen LogP contribution is -2.20. The average Bonchev–Trinajstić information content (AvgIpc) is 2.64. The first-order valence-electron chi connectivity index (χ1n) is 7.31. The van der Waals surface area contributed by atoms with Crippen LogP contribution in [0.5, 0.6) is 5.75 Å². The fourth-order valence-corrected chi connectivity index (χ4v) is 2.86. The molecule has 19 heavy (non-hydrogen) atoms. The van der Waals surface area contributed by atoms with E-state index in [1.807, 2.05) is 13.8 Å². The van der Waals surface area contributed by atoms with Crippen LogP contribution in [-0.2, 0) is 0 Å². The van der Waals surface area contributed by atoms with Crippen molar-refractivity contribution in [1.82, 2.24) is 9.78 Å². The number of rotatable bonds is 4. The lowest BCUT2D eigenvalue weighted by Gasteiger charge is -2.16. The molecule has 0 radical (unpaired) electrons. The second-order valence-electron chi connectivity index (χ2n) is 5.65. The second-order valence-corrected chi connectivity index (χ2v) is 5.65. The lowest BCUT2D eigenvalue weighted by atomic mass is 9.93. The molecule has 1 heterocycles. The van der Waals surface area contributed by atoms with Crippen LogP contribution in [0.2, 0.25) is 0 Å². The first kappa shape index (κ1) is 14.1. The Morgan fingerprint density at radius 3 is 2.47 bits per heavy atom. The number of nitrogens with zero attached hydrogens (tertiary/aromatic N) is 2. The molecule has 1 saturated carbocycles. The number of carbonyl (C=O) groups is 1. The molecule has 0 bridgehead atoms. The molecule has 0 N–H and O–H groups in total. The van der Waals surface area contributed by atoms with E-state index < -0.39 is 0 Å². The van der Waals surface area contributed by atoms with Crippen LogP contribution in [0.1, 0.15) is 68.9 Å². The summed E-state index contributed by atoms with van der Waals surface area (Å²) in [7, 11) is 1.60. The van der Waals surface area contributed by atoms with E-state index in [1.165, 1.54) is 12.8 Å². The first-order valence-corrected chi connectivity index (χ1v) is 7.31. The van der Waals surface area contributed by atoms with Gasteiger partial charge in [-0.2, -0.15) is 5.10 Å². The summed E-state index contributed by atoms with van der Waals surface area (Å²) in [4.78, 5) is 12.8. The van der Waals surface area contributed by atoms with E-state index in [0.717, 1.165) is 25.7 Å². The molecule has 0 aromatic carbocycles. The zero-order valence-electron chi connectivity index (χ0n) is 12.2. The van der Waals surface area contributed by atoms with Gasteiger partial charge in [0.05, 0.1) is 13.3 Å². The number of ketones is 1. The van der Waals surface area contributed by atoms with Crippen LogP contribution < -0.4 is 4.74 Å². The Morgan fingerprint density at radius 1 is 1.32 bits per heavy atom. The van der Waals surface area contributed by atoms with E-state index in [0.29, 0.717) is 11.4 Å². The minimum absolute atomic E-state index is 0.144. The van der Waals surface area contributed by atoms with Crippen LogP contribution in [0.25, 0.3) is 0 Å². The highest BCUT2D eigenvalue weighted by Crippen LogP contribution is 2.30. The van der Waals surface area contributed by atoms with E-state index in [9.17, 15) is 4.79 Å². The summed E-state index contributed by atoms with van der Waals surface area (Å²) in [6.45, 7) is 4.08. The maximum atomic E-state index is 12.8. The minimum atomic E-state index is 0.144. The molecule has 1 aromatic rings. The molecule has 0 saturated heterocycles. The van der Waals surface area contributed by atoms with E-state index in [4.69, 9.17) is 4.74 Å². The van der Waals surface area contributed by atoms with Crippen molar-refractivity contribution < 1.29 is 9.53 Å². The van der Waals surface area contributed by atoms with Gasteiger partial charge in [0.2, 0.25) is 0 Å². The second kappa shape index (κ2) is 6.22. The largest absolute Gasteiger partial charge is 0.493 e. The van der Waals surface area contributed by atoms with Crippen molar-refractivity contribution in [2.45, 2.75) is 58.4 Å². The molecule has 0 amide bonds. The molecule has 0 spiro atoms. The number of hydrogen-bond donors (Lipinski definition) is 0. The topological polar surface area (TPSA) is 44.1 Å². The number of carbonyl (C=O) groups excluding carboxylic acids is 1. The molecule has 1 aromatic heterocycles. The van der Waals surface area contributed by atoms with Crippen molar-refractivity contribution in [3.8, 4) is 5.75 Å². The lowest BCUT2D eigenvalue weighted by molar-refractivity contribution is 0.0891.